The maximum atomic E-state index is 14.4. The summed E-state index contributed by atoms with van der Waals surface area (Å²) >= 11 is 0. The minimum absolute atomic E-state index is 0.0360. The van der Waals surface area contributed by atoms with Crippen molar-refractivity contribution in [3.8, 4) is 11.5 Å². The molecule has 0 spiro atoms. The summed E-state index contributed by atoms with van der Waals surface area (Å²) in [5.74, 6) is -1.68. The third kappa shape index (κ3) is 16.2. The summed E-state index contributed by atoms with van der Waals surface area (Å²) in [4.78, 5) is 10.8. The van der Waals surface area contributed by atoms with Crippen LogP contribution in [0.1, 0.15) is 118 Å². The van der Waals surface area contributed by atoms with Crippen LogP contribution in [0.3, 0.4) is 0 Å². The molecule has 1 aromatic rings. The molecule has 0 saturated heterocycles. The Hall–Kier alpha value is -1.44. The van der Waals surface area contributed by atoms with E-state index in [9.17, 15) is 8.78 Å². The molecule has 0 saturated carbocycles. The zero-order valence-electron chi connectivity index (χ0n) is 24.0. The van der Waals surface area contributed by atoms with E-state index >= 15 is 0 Å². The summed E-state index contributed by atoms with van der Waals surface area (Å²) in [6, 6.07) is 2.95. The Balaban J connectivity index is 2.10. The van der Waals surface area contributed by atoms with Crippen LogP contribution in [0.5, 0.6) is 11.5 Å². The van der Waals surface area contributed by atoms with E-state index in [0.29, 0.717) is 32.3 Å². The lowest BCUT2D eigenvalue weighted by Crippen LogP contribution is -2.25. The molecule has 1 rings (SSSR count). The van der Waals surface area contributed by atoms with Gasteiger partial charge in [-0.05, 0) is 51.2 Å². The highest BCUT2D eigenvalue weighted by Gasteiger charge is 2.16. The van der Waals surface area contributed by atoms with Gasteiger partial charge in [0.1, 0.15) is 0 Å². The first-order valence-electron chi connectivity index (χ1n) is 14.8. The van der Waals surface area contributed by atoms with E-state index in [1.165, 1.54) is 63.5 Å². The number of nitrogens with zero attached hydrogens (tertiary/aromatic N) is 1. The van der Waals surface area contributed by atoms with Gasteiger partial charge in [0.15, 0.2) is 11.5 Å². The van der Waals surface area contributed by atoms with Crippen LogP contribution in [0, 0.1) is 17.6 Å². The van der Waals surface area contributed by atoms with Gasteiger partial charge in [0.25, 0.3) is 0 Å². The normalized spacial score (nSPS) is 12.3. The molecule has 37 heavy (non-hydrogen) atoms. The van der Waals surface area contributed by atoms with Crippen molar-refractivity contribution in [1.29, 1.82) is 0 Å². The molecule has 1 atom stereocenters. The number of ether oxygens (including phenoxy) is 2. The van der Waals surface area contributed by atoms with Crippen molar-refractivity contribution < 1.29 is 27.9 Å². The van der Waals surface area contributed by atoms with Gasteiger partial charge >= 0.3 is 0 Å². The van der Waals surface area contributed by atoms with Crippen LogP contribution in [0.2, 0.25) is 0 Å². The highest BCUT2D eigenvalue weighted by atomic mass is 19.2. The molecule has 0 aliphatic rings. The Kier molecular flexibility index (Phi) is 20.5. The summed E-state index contributed by atoms with van der Waals surface area (Å²) in [7, 11) is 0. The van der Waals surface area contributed by atoms with Gasteiger partial charge in [-0.2, -0.15) is 8.78 Å². The summed E-state index contributed by atoms with van der Waals surface area (Å²) in [5, 5.41) is 1.60. The zero-order chi connectivity index (χ0) is 27.1. The topological polar surface area (TPSA) is 40.2 Å². The SMILES string of the molecule is CCCCCC[C@H](C)COc1ccc(OCCCCCCCCCCCN(OCC)OCC)c(F)c1F. The average Bonchev–Trinajstić information content (AvgIpc) is 2.89. The minimum Gasteiger partial charge on any atom is -0.490 e. The van der Waals surface area contributed by atoms with Gasteiger partial charge < -0.3 is 9.47 Å². The molecule has 0 aromatic heterocycles. The molecular weight excluding hydrogens is 476 g/mol. The van der Waals surface area contributed by atoms with Crippen LogP contribution in [-0.4, -0.2) is 38.2 Å². The van der Waals surface area contributed by atoms with Crippen molar-refractivity contribution in [1.82, 2.24) is 5.23 Å². The third-order valence-electron chi connectivity index (χ3n) is 6.37. The van der Waals surface area contributed by atoms with Crippen molar-refractivity contribution >= 4 is 0 Å². The van der Waals surface area contributed by atoms with E-state index in [0.717, 1.165) is 45.1 Å². The number of halogens is 2. The summed E-state index contributed by atoms with van der Waals surface area (Å²) in [5.41, 5.74) is 0. The van der Waals surface area contributed by atoms with Gasteiger partial charge in [0.2, 0.25) is 11.6 Å². The lowest BCUT2D eigenvalue weighted by molar-refractivity contribution is -0.364. The first-order valence-corrected chi connectivity index (χ1v) is 14.8. The Bertz CT molecular complexity index is 671. The van der Waals surface area contributed by atoms with Crippen molar-refractivity contribution in [3.05, 3.63) is 23.8 Å². The van der Waals surface area contributed by atoms with Crippen LogP contribution in [0.15, 0.2) is 12.1 Å². The minimum atomic E-state index is -0.960. The van der Waals surface area contributed by atoms with Gasteiger partial charge in [-0.25, -0.2) is 0 Å². The molecular formula is C30H53F2NO4. The van der Waals surface area contributed by atoms with Gasteiger partial charge in [-0.15, -0.1) is 0 Å². The summed E-state index contributed by atoms with van der Waals surface area (Å²) in [6.07, 6.45) is 15.9. The molecule has 1 aromatic carbocycles. The number of rotatable bonds is 25. The van der Waals surface area contributed by atoms with Crippen LogP contribution in [0.25, 0.3) is 0 Å². The number of hydrogen-bond acceptors (Lipinski definition) is 5. The van der Waals surface area contributed by atoms with Crippen molar-refractivity contribution in [2.45, 2.75) is 118 Å². The fourth-order valence-electron chi connectivity index (χ4n) is 4.19. The molecule has 5 nitrogen and oxygen atoms in total. The molecule has 0 unspecified atom stereocenters. The molecule has 0 radical (unpaired) electrons. The third-order valence-corrected chi connectivity index (χ3v) is 6.37. The van der Waals surface area contributed by atoms with E-state index in [-0.39, 0.29) is 11.5 Å². The molecule has 0 amide bonds. The molecule has 0 aliphatic heterocycles. The lowest BCUT2D eigenvalue weighted by Gasteiger charge is -2.19. The number of benzene rings is 1. The number of hydroxylamine groups is 2. The molecule has 0 bridgehead atoms. The molecule has 0 aliphatic carbocycles. The smallest absolute Gasteiger partial charge is 0.204 e. The Morgan fingerprint density at radius 3 is 1.76 bits per heavy atom. The average molecular weight is 530 g/mol. The maximum Gasteiger partial charge on any atom is 0.204 e. The molecule has 7 heteroatoms. The zero-order valence-corrected chi connectivity index (χ0v) is 24.0. The highest BCUT2D eigenvalue weighted by molar-refractivity contribution is 5.35. The van der Waals surface area contributed by atoms with Gasteiger partial charge in [0.05, 0.1) is 33.0 Å². The van der Waals surface area contributed by atoms with E-state index < -0.39 is 11.6 Å². The second-order valence-electron chi connectivity index (χ2n) is 9.88. The maximum absolute atomic E-state index is 14.4. The predicted molar refractivity (Wildman–Crippen MR) is 147 cm³/mol. The van der Waals surface area contributed by atoms with Crippen LogP contribution >= 0.6 is 0 Å². The Morgan fingerprint density at radius 1 is 0.676 bits per heavy atom. The highest BCUT2D eigenvalue weighted by Crippen LogP contribution is 2.28. The van der Waals surface area contributed by atoms with E-state index in [1.54, 1.807) is 5.23 Å². The predicted octanol–water partition coefficient (Wildman–Crippen LogP) is 9.04. The molecule has 216 valence electrons. The van der Waals surface area contributed by atoms with Crippen molar-refractivity contribution in [2.75, 3.05) is 33.0 Å². The monoisotopic (exact) mass is 529 g/mol. The van der Waals surface area contributed by atoms with E-state index in [2.05, 4.69) is 13.8 Å². The molecule has 0 heterocycles. The largest absolute Gasteiger partial charge is 0.490 e. The summed E-state index contributed by atoms with van der Waals surface area (Å²) < 4.78 is 39.9. The van der Waals surface area contributed by atoms with Gasteiger partial charge in [-0.1, -0.05) is 89.7 Å². The molecule has 0 N–H and O–H groups in total. The standard InChI is InChI=1S/C30H53F2NO4/c1-5-8-9-17-20-26(4)25-35-28-22-21-27(29(31)30(28)32)34-24-19-16-14-12-10-11-13-15-18-23-33(36-6-2)37-7-3/h21-22,26H,5-20,23-25H2,1-4H3/t26-/m0/s1. The van der Waals surface area contributed by atoms with Gasteiger partial charge in [-0.3, -0.25) is 9.68 Å². The van der Waals surface area contributed by atoms with Gasteiger partial charge in [0, 0.05) is 0 Å². The van der Waals surface area contributed by atoms with Crippen LogP contribution < -0.4 is 9.47 Å². The lowest BCUT2D eigenvalue weighted by atomic mass is 10.0. The Labute approximate surface area is 225 Å². The van der Waals surface area contributed by atoms with E-state index in [1.807, 2.05) is 13.8 Å². The van der Waals surface area contributed by atoms with Crippen molar-refractivity contribution in [3.63, 3.8) is 0 Å². The second kappa shape index (κ2) is 22.5. The number of unbranched alkanes of at least 4 members (excludes halogenated alkanes) is 11. The second-order valence-corrected chi connectivity index (χ2v) is 9.88. The molecule has 0 fully saturated rings. The first-order chi connectivity index (χ1) is 18.0. The van der Waals surface area contributed by atoms with Crippen LogP contribution in [0.4, 0.5) is 8.78 Å². The first kappa shape index (κ1) is 33.6. The fraction of sp³-hybridized carbons (Fsp3) is 0.800. The van der Waals surface area contributed by atoms with E-state index in [4.69, 9.17) is 19.1 Å². The van der Waals surface area contributed by atoms with Crippen molar-refractivity contribution in [2.24, 2.45) is 5.92 Å². The Morgan fingerprint density at radius 2 is 1.19 bits per heavy atom. The summed E-state index contributed by atoms with van der Waals surface area (Å²) in [6.45, 7) is 11.0. The number of hydrogen-bond donors (Lipinski definition) is 0. The quantitative estimate of drug-likeness (QED) is 0.0933. The fourth-order valence-corrected chi connectivity index (χ4v) is 4.19. The van der Waals surface area contributed by atoms with Crippen LogP contribution in [-0.2, 0) is 9.68 Å².